The predicted octanol–water partition coefficient (Wildman–Crippen LogP) is 0.511. The van der Waals surface area contributed by atoms with E-state index >= 15 is 0 Å². The number of hydrogen-bond donors (Lipinski definition) is 3. The fourth-order valence-electron chi connectivity index (χ4n) is 1.35. The number of hydrogen-bond acceptors (Lipinski definition) is 4. The van der Waals surface area contributed by atoms with Gasteiger partial charge in [0.15, 0.2) is 0 Å². The van der Waals surface area contributed by atoms with Crippen molar-refractivity contribution in [3.8, 4) is 5.75 Å². The normalized spacial score (nSPS) is 12.9. The molecule has 1 aromatic rings. The molecule has 0 saturated heterocycles. The molecule has 0 radical (unpaired) electrons. The molecule has 3 N–H and O–H groups in total. The Kier molecular flexibility index (Phi) is 3.43. The van der Waals surface area contributed by atoms with E-state index in [1.165, 1.54) is 0 Å². The van der Waals surface area contributed by atoms with E-state index in [4.69, 9.17) is 5.11 Å². The van der Waals surface area contributed by atoms with Crippen LogP contribution in [0.1, 0.15) is 23.7 Å². The SMILES string of the molecule is Cc1ncc(CC(C)O)c(CO)c1O. The maximum atomic E-state index is 9.59. The quantitative estimate of drug-likeness (QED) is 0.660. The van der Waals surface area contributed by atoms with Gasteiger partial charge in [0, 0.05) is 18.2 Å². The molecule has 1 heterocycles. The first-order valence-electron chi connectivity index (χ1n) is 4.51. The molecule has 0 saturated carbocycles. The van der Waals surface area contributed by atoms with Crippen molar-refractivity contribution in [3.63, 3.8) is 0 Å². The largest absolute Gasteiger partial charge is 0.506 e. The molecule has 1 aromatic heterocycles. The van der Waals surface area contributed by atoms with E-state index in [9.17, 15) is 10.2 Å². The van der Waals surface area contributed by atoms with Gasteiger partial charge in [-0.2, -0.15) is 0 Å². The Morgan fingerprint density at radius 2 is 2.14 bits per heavy atom. The van der Waals surface area contributed by atoms with Gasteiger partial charge in [0.1, 0.15) is 5.75 Å². The highest BCUT2D eigenvalue weighted by molar-refractivity contribution is 5.40. The number of nitrogens with zero attached hydrogens (tertiary/aromatic N) is 1. The number of aryl methyl sites for hydroxylation is 1. The Morgan fingerprint density at radius 3 is 2.64 bits per heavy atom. The number of aromatic hydroxyl groups is 1. The number of rotatable bonds is 3. The van der Waals surface area contributed by atoms with Crippen LogP contribution in [0.5, 0.6) is 5.75 Å². The van der Waals surface area contributed by atoms with Gasteiger partial charge >= 0.3 is 0 Å². The summed E-state index contributed by atoms with van der Waals surface area (Å²) >= 11 is 0. The lowest BCUT2D eigenvalue weighted by molar-refractivity contribution is 0.193. The highest BCUT2D eigenvalue weighted by atomic mass is 16.3. The predicted molar refractivity (Wildman–Crippen MR) is 51.9 cm³/mol. The molecule has 4 heteroatoms. The molecule has 0 bridgehead atoms. The van der Waals surface area contributed by atoms with Crippen LogP contribution in [0.4, 0.5) is 0 Å². The Labute approximate surface area is 82.9 Å². The summed E-state index contributed by atoms with van der Waals surface area (Å²) in [6.45, 7) is 3.08. The van der Waals surface area contributed by atoms with Crippen LogP contribution in [0.2, 0.25) is 0 Å². The molecule has 0 fully saturated rings. The average Bonchev–Trinajstić information content (AvgIpc) is 2.11. The van der Waals surface area contributed by atoms with Crippen molar-refractivity contribution in [1.29, 1.82) is 0 Å². The standard InChI is InChI=1S/C10H15NO3/c1-6(13)3-8-4-11-7(2)10(14)9(8)5-12/h4,6,12-14H,3,5H2,1-2H3. The van der Waals surface area contributed by atoms with Crippen LogP contribution in [-0.4, -0.2) is 26.4 Å². The van der Waals surface area contributed by atoms with Gasteiger partial charge in [-0.1, -0.05) is 0 Å². The van der Waals surface area contributed by atoms with Crippen molar-refractivity contribution < 1.29 is 15.3 Å². The number of aliphatic hydroxyl groups excluding tert-OH is 2. The van der Waals surface area contributed by atoms with Crippen molar-refractivity contribution >= 4 is 0 Å². The van der Waals surface area contributed by atoms with Crippen molar-refractivity contribution in [2.24, 2.45) is 0 Å². The lowest BCUT2D eigenvalue weighted by atomic mass is 10.0. The van der Waals surface area contributed by atoms with Crippen LogP contribution in [-0.2, 0) is 13.0 Å². The highest BCUT2D eigenvalue weighted by Gasteiger charge is 2.12. The molecule has 0 aliphatic carbocycles. The number of aromatic nitrogens is 1. The van der Waals surface area contributed by atoms with Gasteiger partial charge in [-0.15, -0.1) is 0 Å². The molecular formula is C10H15NO3. The molecular weight excluding hydrogens is 182 g/mol. The van der Waals surface area contributed by atoms with Crippen LogP contribution >= 0.6 is 0 Å². The fourth-order valence-corrected chi connectivity index (χ4v) is 1.35. The summed E-state index contributed by atoms with van der Waals surface area (Å²) in [6, 6.07) is 0. The van der Waals surface area contributed by atoms with Crippen LogP contribution in [0.3, 0.4) is 0 Å². The van der Waals surface area contributed by atoms with Gasteiger partial charge in [0.05, 0.1) is 18.4 Å². The van der Waals surface area contributed by atoms with E-state index in [1.807, 2.05) is 0 Å². The Hall–Kier alpha value is -1.13. The Morgan fingerprint density at radius 1 is 1.50 bits per heavy atom. The summed E-state index contributed by atoms with van der Waals surface area (Å²) in [6.07, 6.45) is 1.45. The topological polar surface area (TPSA) is 73.6 Å². The third-order valence-electron chi connectivity index (χ3n) is 2.10. The van der Waals surface area contributed by atoms with E-state index in [2.05, 4.69) is 4.98 Å². The maximum Gasteiger partial charge on any atom is 0.142 e. The monoisotopic (exact) mass is 197 g/mol. The van der Waals surface area contributed by atoms with Crippen molar-refractivity contribution in [2.75, 3.05) is 0 Å². The van der Waals surface area contributed by atoms with Crippen LogP contribution in [0, 0.1) is 6.92 Å². The summed E-state index contributed by atoms with van der Waals surface area (Å²) < 4.78 is 0. The van der Waals surface area contributed by atoms with Gasteiger partial charge < -0.3 is 15.3 Å². The first-order chi connectivity index (χ1) is 6.56. The van der Waals surface area contributed by atoms with Gasteiger partial charge in [0.25, 0.3) is 0 Å². The molecule has 0 aliphatic rings. The van der Waals surface area contributed by atoms with Crippen molar-refractivity contribution in [3.05, 3.63) is 23.0 Å². The van der Waals surface area contributed by atoms with E-state index in [-0.39, 0.29) is 12.4 Å². The van der Waals surface area contributed by atoms with Gasteiger partial charge in [0.2, 0.25) is 0 Å². The van der Waals surface area contributed by atoms with E-state index < -0.39 is 6.10 Å². The third kappa shape index (κ3) is 2.21. The molecule has 0 aliphatic heterocycles. The van der Waals surface area contributed by atoms with Crippen molar-refractivity contribution in [1.82, 2.24) is 4.98 Å². The molecule has 1 atom stereocenters. The highest BCUT2D eigenvalue weighted by Crippen LogP contribution is 2.24. The number of pyridine rings is 1. The molecule has 4 nitrogen and oxygen atoms in total. The minimum Gasteiger partial charge on any atom is -0.506 e. The van der Waals surface area contributed by atoms with Crippen molar-refractivity contribution in [2.45, 2.75) is 33.0 Å². The van der Waals surface area contributed by atoms with Gasteiger partial charge in [-0.25, -0.2) is 0 Å². The zero-order valence-corrected chi connectivity index (χ0v) is 8.36. The molecule has 1 rings (SSSR count). The molecule has 1 unspecified atom stereocenters. The lowest BCUT2D eigenvalue weighted by Gasteiger charge is -2.11. The summed E-state index contributed by atoms with van der Waals surface area (Å²) in [5.41, 5.74) is 1.63. The first kappa shape index (κ1) is 10.9. The summed E-state index contributed by atoms with van der Waals surface area (Å²) in [5, 5.41) is 27.8. The second kappa shape index (κ2) is 4.39. The van der Waals surface area contributed by atoms with Crippen LogP contribution in [0.25, 0.3) is 0 Å². The Balaban J connectivity index is 3.10. The lowest BCUT2D eigenvalue weighted by Crippen LogP contribution is -2.08. The van der Waals surface area contributed by atoms with Crippen LogP contribution in [0.15, 0.2) is 6.20 Å². The van der Waals surface area contributed by atoms with E-state index in [1.54, 1.807) is 20.0 Å². The minimum absolute atomic E-state index is 0.0191. The average molecular weight is 197 g/mol. The summed E-state index contributed by atoms with van der Waals surface area (Å²) in [5.74, 6) is 0.0191. The van der Waals surface area contributed by atoms with E-state index in [0.29, 0.717) is 23.2 Å². The summed E-state index contributed by atoms with van der Waals surface area (Å²) in [7, 11) is 0. The molecule has 0 amide bonds. The van der Waals surface area contributed by atoms with E-state index in [0.717, 1.165) is 0 Å². The number of aliphatic hydroxyl groups is 2. The molecule has 14 heavy (non-hydrogen) atoms. The second-order valence-corrected chi connectivity index (χ2v) is 3.41. The maximum absolute atomic E-state index is 9.59. The molecule has 0 spiro atoms. The fraction of sp³-hybridized carbons (Fsp3) is 0.500. The summed E-state index contributed by atoms with van der Waals surface area (Å²) in [4.78, 5) is 3.97. The van der Waals surface area contributed by atoms with Gasteiger partial charge in [-0.3, -0.25) is 4.98 Å². The first-order valence-corrected chi connectivity index (χ1v) is 4.51. The Bertz CT molecular complexity index is 323. The third-order valence-corrected chi connectivity index (χ3v) is 2.10. The zero-order valence-electron chi connectivity index (χ0n) is 8.36. The van der Waals surface area contributed by atoms with Gasteiger partial charge in [-0.05, 0) is 19.4 Å². The molecule has 78 valence electrons. The second-order valence-electron chi connectivity index (χ2n) is 3.41. The molecule has 0 aromatic carbocycles. The van der Waals surface area contributed by atoms with Crippen LogP contribution < -0.4 is 0 Å². The minimum atomic E-state index is -0.510. The smallest absolute Gasteiger partial charge is 0.142 e. The zero-order chi connectivity index (χ0) is 10.7.